The lowest BCUT2D eigenvalue weighted by molar-refractivity contribution is 0.476. The Morgan fingerprint density at radius 1 is 1.58 bits per heavy atom. The van der Waals surface area contributed by atoms with E-state index >= 15 is 0 Å². The molecule has 1 aromatic heterocycles. The molecule has 0 aromatic carbocycles. The number of hydrogen-bond donors (Lipinski definition) is 1. The lowest BCUT2D eigenvalue weighted by atomic mass is 10.2. The van der Waals surface area contributed by atoms with Crippen LogP contribution in [0, 0.1) is 12.8 Å². The van der Waals surface area contributed by atoms with Gasteiger partial charge >= 0.3 is 0 Å². The van der Waals surface area contributed by atoms with Gasteiger partial charge < -0.3 is 9.73 Å². The van der Waals surface area contributed by atoms with Crippen LogP contribution in [-0.2, 0) is 0 Å². The van der Waals surface area contributed by atoms with Crippen molar-refractivity contribution in [2.24, 2.45) is 5.92 Å². The number of hydrogen-bond acceptors (Lipinski definition) is 2. The lowest BCUT2D eigenvalue weighted by Gasteiger charge is -1.95. The molecule has 2 atom stereocenters. The van der Waals surface area contributed by atoms with Gasteiger partial charge in [0.25, 0.3) is 0 Å². The molecule has 1 aliphatic rings. The maximum absolute atomic E-state index is 5.56. The predicted octanol–water partition coefficient (Wildman–Crippen LogP) is 1.91. The van der Waals surface area contributed by atoms with Crippen molar-refractivity contribution >= 4 is 0 Å². The number of aryl methyl sites for hydroxylation is 1. The van der Waals surface area contributed by atoms with Gasteiger partial charge in [-0.3, -0.25) is 0 Å². The molecule has 1 fully saturated rings. The molecule has 1 N–H and O–H groups in total. The van der Waals surface area contributed by atoms with E-state index in [2.05, 4.69) is 11.4 Å². The van der Waals surface area contributed by atoms with Gasteiger partial charge in [-0.2, -0.15) is 0 Å². The molecular weight excluding hydrogens is 150 g/mol. The summed E-state index contributed by atoms with van der Waals surface area (Å²) in [7, 11) is 2.00. The van der Waals surface area contributed by atoms with Gasteiger partial charge in [0.2, 0.25) is 0 Å². The molecule has 1 aliphatic carbocycles. The van der Waals surface area contributed by atoms with E-state index in [0.29, 0.717) is 5.92 Å². The zero-order valence-corrected chi connectivity index (χ0v) is 7.63. The average Bonchev–Trinajstić information content (AvgIpc) is 2.67. The summed E-state index contributed by atoms with van der Waals surface area (Å²) in [5, 5.41) is 3.19. The Hall–Kier alpha value is -0.760. The maximum Gasteiger partial charge on any atom is 0.107 e. The highest BCUT2D eigenvalue weighted by atomic mass is 16.3. The van der Waals surface area contributed by atoms with Crippen LogP contribution >= 0.6 is 0 Å². The maximum atomic E-state index is 5.56. The molecule has 1 aromatic rings. The van der Waals surface area contributed by atoms with E-state index < -0.39 is 0 Å². The van der Waals surface area contributed by atoms with E-state index in [-0.39, 0.29) is 0 Å². The molecule has 0 bridgehead atoms. The molecule has 2 unspecified atom stereocenters. The normalized spacial score (nSPS) is 27.5. The van der Waals surface area contributed by atoms with E-state index in [1.165, 1.54) is 12.2 Å². The van der Waals surface area contributed by atoms with Gasteiger partial charge in [-0.15, -0.1) is 0 Å². The topological polar surface area (TPSA) is 25.2 Å². The second-order valence-corrected chi connectivity index (χ2v) is 3.61. The minimum Gasteiger partial charge on any atom is -0.466 e. The van der Waals surface area contributed by atoms with Crippen LogP contribution in [0.3, 0.4) is 0 Å². The Morgan fingerprint density at radius 2 is 2.42 bits per heavy atom. The zero-order valence-electron chi connectivity index (χ0n) is 7.63. The molecule has 2 rings (SSSR count). The summed E-state index contributed by atoms with van der Waals surface area (Å²) in [5.74, 6) is 3.69. The van der Waals surface area contributed by atoms with E-state index in [1.54, 1.807) is 0 Å². The minimum atomic E-state index is 0.686. The highest BCUT2D eigenvalue weighted by Gasteiger charge is 2.39. The molecule has 0 spiro atoms. The molecule has 1 heterocycles. The van der Waals surface area contributed by atoms with Crippen LogP contribution in [0.4, 0.5) is 0 Å². The monoisotopic (exact) mass is 165 g/mol. The number of rotatable bonds is 3. The smallest absolute Gasteiger partial charge is 0.107 e. The molecule has 12 heavy (non-hydrogen) atoms. The lowest BCUT2D eigenvalue weighted by Crippen LogP contribution is -2.09. The number of furan rings is 1. The largest absolute Gasteiger partial charge is 0.466 e. The van der Waals surface area contributed by atoms with Crippen LogP contribution in [-0.4, -0.2) is 13.6 Å². The third-order valence-electron chi connectivity index (χ3n) is 2.52. The summed E-state index contributed by atoms with van der Waals surface area (Å²) < 4.78 is 5.56. The quantitative estimate of drug-likeness (QED) is 0.740. The minimum absolute atomic E-state index is 0.686. The standard InChI is InChI=1S/C10H15NO/c1-7-3-4-10(12-7)9-5-8(9)6-11-2/h3-4,8-9,11H,5-6H2,1-2H3. The van der Waals surface area contributed by atoms with Gasteiger partial charge in [-0.25, -0.2) is 0 Å². The van der Waals surface area contributed by atoms with E-state index in [4.69, 9.17) is 4.42 Å². The van der Waals surface area contributed by atoms with E-state index in [1.807, 2.05) is 20.0 Å². The van der Waals surface area contributed by atoms with Crippen molar-refractivity contribution in [2.45, 2.75) is 19.3 Å². The van der Waals surface area contributed by atoms with Crippen molar-refractivity contribution < 1.29 is 4.42 Å². The van der Waals surface area contributed by atoms with Crippen molar-refractivity contribution in [3.8, 4) is 0 Å². The average molecular weight is 165 g/mol. The first-order chi connectivity index (χ1) is 5.81. The summed E-state index contributed by atoms with van der Waals surface area (Å²) in [6.07, 6.45) is 1.29. The van der Waals surface area contributed by atoms with Crippen molar-refractivity contribution in [3.05, 3.63) is 23.7 Å². The summed E-state index contributed by atoms with van der Waals surface area (Å²) in [5.41, 5.74) is 0. The summed E-state index contributed by atoms with van der Waals surface area (Å²) in [6, 6.07) is 4.15. The Balaban J connectivity index is 1.96. The molecule has 0 radical (unpaired) electrons. The van der Waals surface area contributed by atoms with Gasteiger partial charge in [0.1, 0.15) is 11.5 Å². The highest BCUT2D eigenvalue weighted by Crippen LogP contribution is 2.47. The Bertz CT molecular complexity index is 267. The third-order valence-corrected chi connectivity index (χ3v) is 2.52. The highest BCUT2D eigenvalue weighted by molar-refractivity contribution is 5.17. The first kappa shape index (κ1) is 7.87. The van der Waals surface area contributed by atoms with Gasteiger partial charge in [0.15, 0.2) is 0 Å². The summed E-state index contributed by atoms with van der Waals surface area (Å²) in [6.45, 7) is 3.11. The fourth-order valence-corrected chi connectivity index (χ4v) is 1.74. The Kier molecular flexibility index (Phi) is 1.93. The molecule has 2 heteroatoms. The predicted molar refractivity (Wildman–Crippen MR) is 48.2 cm³/mol. The van der Waals surface area contributed by atoms with Crippen LogP contribution < -0.4 is 5.32 Å². The van der Waals surface area contributed by atoms with Crippen LogP contribution in [0.5, 0.6) is 0 Å². The molecule has 0 aliphatic heterocycles. The van der Waals surface area contributed by atoms with Crippen LogP contribution in [0.1, 0.15) is 23.9 Å². The van der Waals surface area contributed by atoms with Crippen molar-refractivity contribution in [1.29, 1.82) is 0 Å². The number of nitrogens with one attached hydrogen (secondary N) is 1. The fraction of sp³-hybridized carbons (Fsp3) is 0.600. The second kappa shape index (κ2) is 2.94. The second-order valence-electron chi connectivity index (χ2n) is 3.61. The first-order valence-electron chi connectivity index (χ1n) is 4.52. The van der Waals surface area contributed by atoms with Gasteiger partial charge in [0, 0.05) is 5.92 Å². The third kappa shape index (κ3) is 1.39. The first-order valence-corrected chi connectivity index (χ1v) is 4.52. The SMILES string of the molecule is CNCC1CC1c1ccc(C)o1. The van der Waals surface area contributed by atoms with Crippen LogP contribution in [0.15, 0.2) is 16.5 Å². The molecular formula is C10H15NO. The van der Waals surface area contributed by atoms with Gasteiger partial charge in [0.05, 0.1) is 0 Å². The summed E-state index contributed by atoms with van der Waals surface area (Å²) >= 11 is 0. The van der Waals surface area contributed by atoms with Crippen molar-refractivity contribution in [3.63, 3.8) is 0 Å². The molecule has 2 nitrogen and oxygen atoms in total. The van der Waals surface area contributed by atoms with Gasteiger partial charge in [-0.1, -0.05) is 0 Å². The Morgan fingerprint density at radius 3 is 3.00 bits per heavy atom. The van der Waals surface area contributed by atoms with Crippen LogP contribution in [0.25, 0.3) is 0 Å². The Labute approximate surface area is 73.0 Å². The van der Waals surface area contributed by atoms with E-state index in [9.17, 15) is 0 Å². The fourth-order valence-electron chi connectivity index (χ4n) is 1.74. The van der Waals surface area contributed by atoms with Crippen LogP contribution in [0.2, 0.25) is 0 Å². The van der Waals surface area contributed by atoms with E-state index in [0.717, 1.165) is 18.2 Å². The molecule has 0 amide bonds. The van der Waals surface area contributed by atoms with Crippen molar-refractivity contribution in [2.75, 3.05) is 13.6 Å². The zero-order chi connectivity index (χ0) is 8.55. The van der Waals surface area contributed by atoms with Crippen molar-refractivity contribution in [1.82, 2.24) is 5.32 Å². The van der Waals surface area contributed by atoms with Gasteiger partial charge in [-0.05, 0) is 45.0 Å². The molecule has 1 saturated carbocycles. The molecule has 0 saturated heterocycles. The molecule has 66 valence electrons. The summed E-state index contributed by atoms with van der Waals surface area (Å²) in [4.78, 5) is 0.